The number of hydrogen-bond acceptors (Lipinski definition) is 6. The first kappa shape index (κ1) is 41.7. The molecule has 270 valence electrons. The van der Waals surface area contributed by atoms with Crippen molar-refractivity contribution in [3.63, 3.8) is 0 Å². The molecule has 0 unspecified atom stereocenters. The van der Waals surface area contributed by atoms with Crippen LogP contribution in [0.3, 0.4) is 0 Å². The van der Waals surface area contributed by atoms with Gasteiger partial charge in [-0.05, 0) is 74.4 Å². The van der Waals surface area contributed by atoms with Crippen LogP contribution in [0.1, 0.15) is 158 Å². The maximum absolute atomic E-state index is 13.2. The van der Waals surface area contributed by atoms with Crippen LogP contribution in [0.2, 0.25) is 0 Å². The van der Waals surface area contributed by atoms with Gasteiger partial charge < -0.3 is 14.9 Å². The van der Waals surface area contributed by atoms with E-state index in [1.807, 2.05) is 30.5 Å². The molecule has 0 aliphatic rings. The zero-order valence-corrected chi connectivity index (χ0v) is 31.6. The number of ketones is 2. The van der Waals surface area contributed by atoms with E-state index in [0.717, 1.165) is 29.1 Å². The smallest absolute Gasteiger partial charge is 0.314 e. The van der Waals surface area contributed by atoms with Gasteiger partial charge in [0.1, 0.15) is 11.2 Å². The number of aliphatic hydroxyl groups is 2. The summed E-state index contributed by atoms with van der Waals surface area (Å²) in [7, 11) is -1.95. The van der Waals surface area contributed by atoms with Crippen molar-refractivity contribution < 1.29 is 29.3 Å². The molecule has 0 aliphatic carbocycles. The minimum Gasteiger partial charge on any atom is -0.465 e. The number of rotatable bonds is 25. The van der Waals surface area contributed by atoms with Crippen LogP contribution in [0.15, 0.2) is 58.3 Å². The zero-order chi connectivity index (χ0) is 35.6. The van der Waals surface area contributed by atoms with E-state index in [4.69, 9.17) is 4.74 Å². The summed E-state index contributed by atoms with van der Waals surface area (Å²) in [5, 5.41) is 20.4. The Morgan fingerprint density at radius 1 is 0.562 bits per heavy atom. The van der Waals surface area contributed by atoms with E-state index in [0.29, 0.717) is 17.7 Å². The number of hydrogen-bond donors (Lipinski definition) is 2. The molecule has 0 radical (unpaired) electrons. The highest BCUT2D eigenvalue weighted by Gasteiger charge is 2.31. The van der Waals surface area contributed by atoms with Crippen molar-refractivity contribution in [2.24, 2.45) is 0 Å². The van der Waals surface area contributed by atoms with E-state index in [1.165, 1.54) is 111 Å². The summed E-state index contributed by atoms with van der Waals surface area (Å²) >= 11 is 0. The van der Waals surface area contributed by atoms with Crippen LogP contribution in [-0.4, -0.2) is 57.6 Å². The van der Waals surface area contributed by atoms with Gasteiger partial charge in [-0.25, -0.2) is 0 Å². The van der Waals surface area contributed by atoms with Crippen LogP contribution < -0.4 is 0 Å². The molecule has 0 atom stereocenters. The van der Waals surface area contributed by atoms with Gasteiger partial charge in [0.2, 0.25) is 0 Å². The van der Waals surface area contributed by atoms with Crippen molar-refractivity contribution in [3.05, 3.63) is 59.7 Å². The van der Waals surface area contributed by atoms with E-state index in [9.17, 15) is 24.6 Å². The van der Waals surface area contributed by atoms with Gasteiger partial charge in [0.15, 0.2) is 11.6 Å². The Balaban J connectivity index is 1.86. The van der Waals surface area contributed by atoms with Crippen molar-refractivity contribution >= 4 is 27.6 Å². The van der Waals surface area contributed by atoms with Crippen LogP contribution in [0.5, 0.6) is 0 Å². The van der Waals surface area contributed by atoms with Gasteiger partial charge in [-0.2, -0.15) is 10.0 Å². The predicted octanol–water partition coefficient (Wildman–Crippen LogP) is 10.3. The molecule has 0 saturated carbocycles. The fraction of sp³-hybridized carbons (Fsp3) is 0.634. The third kappa shape index (κ3) is 14.6. The lowest BCUT2D eigenvalue weighted by atomic mass is 9.97. The van der Waals surface area contributed by atoms with Gasteiger partial charge in [-0.3, -0.25) is 14.4 Å². The second-order valence-corrected chi connectivity index (χ2v) is 18.0. The first-order valence-electron chi connectivity index (χ1n) is 18.4. The average molecular weight is 685 g/mol. The molecule has 2 aromatic rings. The molecule has 0 bridgehead atoms. The van der Waals surface area contributed by atoms with Gasteiger partial charge in [0, 0.05) is 11.1 Å². The van der Waals surface area contributed by atoms with Crippen molar-refractivity contribution in [2.75, 3.05) is 18.6 Å². The maximum atomic E-state index is 13.2. The molecular formula is C41H64O6S. The number of esters is 1. The Labute approximate surface area is 292 Å². The Bertz CT molecular complexity index is 1170. The zero-order valence-electron chi connectivity index (χ0n) is 30.8. The Hall–Kier alpha value is -2.48. The molecule has 2 aromatic carbocycles. The summed E-state index contributed by atoms with van der Waals surface area (Å²) in [6.45, 7) is 8.51. The fourth-order valence-electron chi connectivity index (χ4n) is 5.94. The predicted molar refractivity (Wildman–Crippen MR) is 200 cm³/mol. The van der Waals surface area contributed by atoms with Gasteiger partial charge in [-0.1, -0.05) is 128 Å². The van der Waals surface area contributed by atoms with E-state index >= 15 is 0 Å². The van der Waals surface area contributed by atoms with Crippen LogP contribution in [-0.2, 0) is 9.53 Å². The summed E-state index contributed by atoms with van der Waals surface area (Å²) in [6, 6.07) is 14.1. The van der Waals surface area contributed by atoms with Gasteiger partial charge in [0.05, 0.1) is 12.4 Å². The van der Waals surface area contributed by atoms with E-state index in [-0.39, 0.29) is 23.3 Å². The molecule has 6 nitrogen and oxygen atoms in total. The van der Waals surface area contributed by atoms with Crippen molar-refractivity contribution in [1.29, 1.82) is 0 Å². The number of ether oxygens (including phenoxy) is 1. The molecule has 2 rings (SSSR count). The molecule has 0 saturated heterocycles. The second-order valence-electron chi connectivity index (χ2n) is 14.6. The van der Waals surface area contributed by atoms with E-state index in [1.54, 1.807) is 24.3 Å². The number of carbonyl (C=O) groups excluding carboxylic acids is 3. The Kier molecular flexibility index (Phi) is 18.2. The van der Waals surface area contributed by atoms with E-state index < -0.39 is 21.2 Å². The average Bonchev–Trinajstić information content (AvgIpc) is 3.04. The number of benzene rings is 2. The molecule has 0 aromatic heterocycles. The third-order valence-electron chi connectivity index (χ3n) is 9.05. The highest BCUT2D eigenvalue weighted by atomic mass is 32.3. The lowest BCUT2D eigenvalue weighted by Gasteiger charge is -2.36. The third-order valence-corrected chi connectivity index (χ3v) is 12.5. The maximum Gasteiger partial charge on any atom is 0.314 e. The highest BCUT2D eigenvalue weighted by molar-refractivity contribution is 8.33. The number of carbonyl (C=O) groups is 3. The molecule has 48 heavy (non-hydrogen) atoms. The summed E-state index contributed by atoms with van der Waals surface area (Å²) in [4.78, 5) is 40.2. The molecular weight excluding hydrogens is 621 g/mol. The van der Waals surface area contributed by atoms with Gasteiger partial charge in [0.25, 0.3) is 0 Å². The minimum atomic E-state index is -1.95. The Morgan fingerprint density at radius 2 is 0.875 bits per heavy atom. The van der Waals surface area contributed by atoms with Gasteiger partial charge >= 0.3 is 5.97 Å². The number of Topliss-reactive ketones (excluding diaryl/α,β-unsaturated/α-hetero) is 2. The lowest BCUT2D eigenvalue weighted by molar-refractivity contribution is -0.140. The molecule has 0 fully saturated rings. The van der Waals surface area contributed by atoms with E-state index in [2.05, 4.69) is 6.92 Å². The van der Waals surface area contributed by atoms with Gasteiger partial charge in [-0.15, -0.1) is 0 Å². The summed E-state index contributed by atoms with van der Waals surface area (Å²) < 4.78 is 5.72. The van der Waals surface area contributed by atoms with Crippen LogP contribution in [0.4, 0.5) is 0 Å². The standard InChI is InChI=1S/C41H64O6S/c1-7-8-9-10-11-12-13-14-15-16-17-18-19-20-21-22-31-47-37(42)32-48(6,35-27-23-33(24-28-35)38(43)40(2,3)45)36-29-25-34(26-30-36)39(44)41(4,5)46/h23-30,45-46H,7-22,31-32H2,1-6H3. The first-order valence-corrected chi connectivity index (χ1v) is 20.6. The minimum absolute atomic E-state index is 0.156. The molecule has 2 N–H and O–H groups in total. The lowest BCUT2D eigenvalue weighted by Crippen LogP contribution is -2.31. The Morgan fingerprint density at radius 3 is 1.19 bits per heavy atom. The van der Waals surface area contributed by atoms with Crippen molar-refractivity contribution in [1.82, 2.24) is 0 Å². The van der Waals surface area contributed by atoms with Crippen LogP contribution >= 0.6 is 10.0 Å². The molecule has 0 spiro atoms. The topological polar surface area (TPSA) is 101 Å². The normalized spacial score (nSPS) is 12.6. The summed E-state index contributed by atoms with van der Waals surface area (Å²) in [6.07, 6.45) is 22.7. The van der Waals surface area contributed by atoms with Crippen molar-refractivity contribution in [2.45, 2.75) is 158 Å². The molecule has 0 amide bonds. The molecule has 0 heterocycles. The largest absolute Gasteiger partial charge is 0.465 e. The molecule has 7 heteroatoms. The SMILES string of the molecule is CCCCCCCCCCCCCCCCCCOC(=O)CS(C)(c1ccc(C(=O)C(C)(C)O)cc1)c1ccc(C(=O)C(C)(C)O)cc1. The quantitative estimate of drug-likeness (QED) is 0.0613. The highest BCUT2D eigenvalue weighted by Crippen LogP contribution is 2.59. The summed E-state index contributed by atoms with van der Waals surface area (Å²) in [5.41, 5.74) is -2.19. The summed E-state index contributed by atoms with van der Waals surface area (Å²) in [5.74, 6) is -0.873. The molecule has 0 aliphatic heterocycles. The number of unbranched alkanes of at least 4 members (excludes halogenated alkanes) is 15. The van der Waals surface area contributed by atoms with Crippen molar-refractivity contribution in [3.8, 4) is 0 Å². The van der Waals surface area contributed by atoms with Crippen LogP contribution in [0.25, 0.3) is 0 Å². The fourth-order valence-corrected chi connectivity index (χ4v) is 8.57. The first-order chi connectivity index (χ1) is 22.7. The monoisotopic (exact) mass is 684 g/mol. The second kappa shape index (κ2) is 20.9. The van der Waals surface area contributed by atoms with Crippen LogP contribution in [0, 0.1) is 0 Å².